The van der Waals surface area contributed by atoms with Gasteiger partial charge in [0.1, 0.15) is 19.0 Å². The summed E-state index contributed by atoms with van der Waals surface area (Å²) in [5, 5.41) is 34.3. The van der Waals surface area contributed by atoms with E-state index in [1.54, 1.807) is 6.08 Å². The number of ether oxygens (including phenoxy) is 4. The van der Waals surface area contributed by atoms with Crippen LogP contribution in [0.1, 0.15) is 65.2 Å². The van der Waals surface area contributed by atoms with Gasteiger partial charge in [-0.15, -0.1) is 0 Å². The molecule has 0 aromatic heterocycles. The number of allylic oxidation sites excluding steroid dienone is 1. The first-order valence-electron chi connectivity index (χ1n) is 14.2. The van der Waals surface area contributed by atoms with Crippen LogP contribution in [0.25, 0.3) is 0 Å². The van der Waals surface area contributed by atoms with E-state index in [1.807, 2.05) is 6.92 Å². The quantitative estimate of drug-likeness (QED) is 0.278. The van der Waals surface area contributed by atoms with Crippen molar-refractivity contribution in [3.63, 3.8) is 0 Å². The lowest BCUT2D eigenvalue weighted by molar-refractivity contribution is -0.456. The number of aliphatic hydroxyl groups excluding tert-OH is 1. The number of cyclic esters (lactones) is 1. The first-order chi connectivity index (χ1) is 18.0. The Balaban J connectivity index is 1.21. The van der Waals surface area contributed by atoms with Crippen molar-refractivity contribution in [3.8, 4) is 0 Å². The molecule has 7 rings (SSSR count). The van der Waals surface area contributed by atoms with E-state index >= 15 is 0 Å². The lowest BCUT2D eigenvalue weighted by Gasteiger charge is -2.62. The molecule has 208 valence electrons. The minimum atomic E-state index is -1.98. The highest BCUT2D eigenvalue weighted by Crippen LogP contribution is 2.68. The van der Waals surface area contributed by atoms with Gasteiger partial charge >= 0.3 is 5.97 Å². The topological polar surface area (TPSA) is 132 Å². The molecule has 3 N–H and O–H groups in total. The summed E-state index contributed by atoms with van der Waals surface area (Å²) >= 11 is 0. The molecule has 38 heavy (non-hydrogen) atoms. The number of esters is 1. The fraction of sp³-hybridized carbons (Fsp3) is 0.793. The summed E-state index contributed by atoms with van der Waals surface area (Å²) in [4.78, 5) is 24.9. The van der Waals surface area contributed by atoms with E-state index in [0.717, 1.165) is 36.7 Å². The van der Waals surface area contributed by atoms with Crippen LogP contribution in [-0.4, -0.2) is 76.3 Å². The van der Waals surface area contributed by atoms with Crippen molar-refractivity contribution >= 4 is 12.3 Å². The van der Waals surface area contributed by atoms with E-state index in [4.69, 9.17) is 18.9 Å². The molecule has 4 aliphatic carbocycles. The number of hydrogen-bond acceptors (Lipinski definition) is 9. The third-order valence-electron chi connectivity index (χ3n) is 11.5. The number of carbonyl (C=O) groups excluding carboxylic acids is 2. The maximum atomic E-state index is 13.1. The summed E-state index contributed by atoms with van der Waals surface area (Å²) in [6.45, 7) is 4.24. The molecule has 9 heteroatoms. The van der Waals surface area contributed by atoms with Gasteiger partial charge in [-0.25, -0.2) is 4.79 Å². The Morgan fingerprint density at radius 1 is 1.08 bits per heavy atom. The maximum absolute atomic E-state index is 13.1. The van der Waals surface area contributed by atoms with Crippen LogP contribution < -0.4 is 0 Å². The molecular formula is C29H38O9. The Morgan fingerprint density at radius 2 is 1.87 bits per heavy atom. The standard InChI is InChI=1S/C29H38O9/c1-15-9-23(31)29(34)25(36-15)37-21-11-17-3-4-20-19(27(17,14-30)12-22(21)38-29)5-7-26(2)18(6-8-28(20,26)33)16-10-24(32)35-13-16/h4,10,14-15,17-19,21-23,25,31,33-34H,3,5-9,11-13H2,1-2H3/t15-,17+,18?,19+,21-,22-,23-,25+,26-,27-,28+,29+/m1/s1. The summed E-state index contributed by atoms with van der Waals surface area (Å²) in [5.41, 5.74) is -0.362. The first-order valence-corrected chi connectivity index (χ1v) is 14.2. The third-order valence-corrected chi connectivity index (χ3v) is 11.5. The fourth-order valence-corrected chi connectivity index (χ4v) is 9.51. The van der Waals surface area contributed by atoms with Gasteiger partial charge in [-0.05, 0) is 80.8 Å². The average Bonchev–Trinajstić information content (AvgIpc) is 3.42. The molecule has 12 atom stereocenters. The lowest BCUT2D eigenvalue weighted by atomic mass is 9.46. The highest BCUT2D eigenvalue weighted by Gasteiger charge is 2.68. The van der Waals surface area contributed by atoms with Crippen LogP contribution in [0.2, 0.25) is 0 Å². The molecule has 3 aliphatic heterocycles. The van der Waals surface area contributed by atoms with Crippen LogP contribution in [0.15, 0.2) is 23.3 Å². The molecule has 0 spiro atoms. The molecule has 3 heterocycles. The van der Waals surface area contributed by atoms with Crippen molar-refractivity contribution in [1.82, 2.24) is 0 Å². The maximum Gasteiger partial charge on any atom is 0.331 e. The summed E-state index contributed by atoms with van der Waals surface area (Å²) in [6.07, 6.45) is 6.04. The van der Waals surface area contributed by atoms with Crippen LogP contribution >= 0.6 is 0 Å². The van der Waals surface area contributed by atoms with Crippen LogP contribution in [0.4, 0.5) is 0 Å². The predicted molar refractivity (Wildman–Crippen MR) is 131 cm³/mol. The van der Waals surface area contributed by atoms with Gasteiger partial charge in [0, 0.05) is 23.3 Å². The molecule has 0 aromatic carbocycles. The Labute approximate surface area is 222 Å². The highest BCUT2D eigenvalue weighted by atomic mass is 16.8. The molecule has 1 unspecified atom stereocenters. The normalized spacial score (nSPS) is 55.3. The number of carbonyl (C=O) groups is 2. The van der Waals surface area contributed by atoms with E-state index < -0.39 is 40.7 Å². The Hall–Kier alpha value is -1.62. The summed E-state index contributed by atoms with van der Waals surface area (Å²) in [7, 11) is 0. The molecule has 5 fully saturated rings. The van der Waals surface area contributed by atoms with Crippen molar-refractivity contribution < 1.29 is 43.9 Å². The van der Waals surface area contributed by atoms with Gasteiger partial charge in [0.2, 0.25) is 12.1 Å². The first kappa shape index (κ1) is 25.4. The molecule has 7 aliphatic rings. The molecular weight excluding hydrogens is 492 g/mol. The second-order valence-corrected chi connectivity index (χ2v) is 13.2. The van der Waals surface area contributed by atoms with E-state index in [1.165, 1.54) is 0 Å². The van der Waals surface area contributed by atoms with Crippen molar-refractivity contribution in [1.29, 1.82) is 0 Å². The van der Waals surface area contributed by atoms with Gasteiger partial charge in [0.25, 0.3) is 0 Å². The molecule has 0 bridgehead atoms. The summed E-state index contributed by atoms with van der Waals surface area (Å²) in [6, 6.07) is 0. The minimum Gasteiger partial charge on any atom is -0.458 e. The zero-order valence-electron chi connectivity index (χ0n) is 22.0. The van der Waals surface area contributed by atoms with Gasteiger partial charge in [-0.3, -0.25) is 0 Å². The Kier molecular flexibility index (Phi) is 5.48. The SMILES string of the molecule is C[C@@H]1C[C@@H](O)[C@]2(O)O[C@@H]3C[C@@]4(C=O)[C@@H](CC=C5[C@@H]4CC[C@]4(C)C(C6=CC(=O)OC6)CC[C@]54O)C[C@H]3O[C@@H]2O1. The average molecular weight is 531 g/mol. The van der Waals surface area contributed by atoms with E-state index in [-0.39, 0.29) is 49.0 Å². The zero-order valence-corrected chi connectivity index (χ0v) is 22.0. The van der Waals surface area contributed by atoms with Crippen molar-refractivity contribution in [3.05, 3.63) is 23.3 Å². The molecule has 9 nitrogen and oxygen atoms in total. The molecule has 3 saturated carbocycles. The molecule has 0 radical (unpaired) electrons. The van der Waals surface area contributed by atoms with Crippen molar-refractivity contribution in [2.75, 3.05) is 6.61 Å². The summed E-state index contributed by atoms with van der Waals surface area (Å²) in [5.74, 6) is -2.36. The van der Waals surface area contributed by atoms with E-state index in [9.17, 15) is 24.9 Å². The van der Waals surface area contributed by atoms with Gasteiger partial charge in [-0.1, -0.05) is 13.0 Å². The van der Waals surface area contributed by atoms with Crippen LogP contribution in [-0.2, 0) is 28.5 Å². The fourth-order valence-electron chi connectivity index (χ4n) is 9.51. The second kappa shape index (κ2) is 8.21. The molecule has 2 saturated heterocycles. The molecule has 0 aromatic rings. The van der Waals surface area contributed by atoms with Gasteiger partial charge in [0.05, 0.1) is 23.9 Å². The highest BCUT2D eigenvalue weighted by molar-refractivity contribution is 5.85. The van der Waals surface area contributed by atoms with Crippen LogP contribution in [0, 0.1) is 28.6 Å². The van der Waals surface area contributed by atoms with Gasteiger partial charge in [0.15, 0.2) is 0 Å². The van der Waals surface area contributed by atoms with E-state index in [2.05, 4.69) is 13.0 Å². The lowest BCUT2D eigenvalue weighted by Crippen LogP contribution is -2.70. The Morgan fingerprint density at radius 3 is 2.61 bits per heavy atom. The van der Waals surface area contributed by atoms with Crippen LogP contribution in [0.5, 0.6) is 0 Å². The second-order valence-electron chi connectivity index (χ2n) is 13.2. The number of aliphatic hydroxyl groups is 3. The van der Waals surface area contributed by atoms with Gasteiger partial charge < -0.3 is 39.1 Å². The van der Waals surface area contributed by atoms with Gasteiger partial charge in [-0.2, -0.15) is 0 Å². The summed E-state index contributed by atoms with van der Waals surface area (Å²) < 4.78 is 23.4. The minimum absolute atomic E-state index is 0.0180. The largest absolute Gasteiger partial charge is 0.458 e. The van der Waals surface area contributed by atoms with Crippen molar-refractivity contribution in [2.24, 2.45) is 28.6 Å². The third kappa shape index (κ3) is 3.14. The van der Waals surface area contributed by atoms with Crippen molar-refractivity contribution in [2.45, 2.75) is 107 Å². The van der Waals surface area contributed by atoms with Crippen LogP contribution in [0.3, 0.4) is 0 Å². The Bertz CT molecular complexity index is 1120. The number of rotatable bonds is 2. The smallest absolute Gasteiger partial charge is 0.331 e. The number of hydrogen-bond donors (Lipinski definition) is 3. The zero-order chi connectivity index (χ0) is 26.7. The number of fused-ring (bicyclic) bond motifs is 7. The monoisotopic (exact) mass is 530 g/mol. The van der Waals surface area contributed by atoms with E-state index in [0.29, 0.717) is 25.7 Å². The number of aldehydes is 1. The predicted octanol–water partition coefficient (Wildman–Crippen LogP) is 1.92. The molecule has 0 amide bonds.